The van der Waals surface area contributed by atoms with Crippen molar-refractivity contribution in [3.05, 3.63) is 81.5 Å². The lowest BCUT2D eigenvalue weighted by Gasteiger charge is -2.33. The third-order valence-electron chi connectivity index (χ3n) is 5.70. The Labute approximate surface area is 191 Å². The summed E-state index contributed by atoms with van der Waals surface area (Å²) < 4.78 is 32.6. The van der Waals surface area contributed by atoms with Gasteiger partial charge in [-0.25, -0.2) is 8.78 Å². The second-order valence-electron chi connectivity index (χ2n) is 7.45. The first-order chi connectivity index (χ1) is 15.5. The van der Waals surface area contributed by atoms with Gasteiger partial charge in [-0.15, -0.1) is 23.1 Å². The van der Waals surface area contributed by atoms with Crippen molar-refractivity contribution in [3.8, 4) is 5.75 Å². The lowest BCUT2D eigenvalue weighted by atomic mass is 10.0. The summed E-state index contributed by atoms with van der Waals surface area (Å²) in [6.45, 7) is 0.474. The molecule has 2 aromatic carbocycles. The Morgan fingerprint density at radius 3 is 2.72 bits per heavy atom. The summed E-state index contributed by atoms with van der Waals surface area (Å²) in [7, 11) is 1.54. The van der Waals surface area contributed by atoms with Gasteiger partial charge in [-0.05, 0) is 47.3 Å². The topological polar surface area (TPSA) is 49.9 Å². The Morgan fingerprint density at radius 1 is 1.16 bits per heavy atom. The quantitative estimate of drug-likeness (QED) is 0.556. The van der Waals surface area contributed by atoms with E-state index in [1.807, 2.05) is 5.38 Å². The average Bonchev–Trinajstić information content (AvgIpc) is 3.53. The average molecular weight is 473 g/mol. The Kier molecular flexibility index (Phi) is 5.17. The van der Waals surface area contributed by atoms with Crippen LogP contribution in [0, 0.1) is 11.6 Å². The van der Waals surface area contributed by atoms with Crippen molar-refractivity contribution in [2.45, 2.75) is 11.4 Å². The Hall–Kier alpha value is -2.91. The highest BCUT2D eigenvalue weighted by Crippen LogP contribution is 2.55. The minimum atomic E-state index is -1.23. The van der Waals surface area contributed by atoms with E-state index in [4.69, 9.17) is 4.74 Å². The van der Waals surface area contributed by atoms with Crippen molar-refractivity contribution in [2.24, 2.45) is 0 Å². The summed E-state index contributed by atoms with van der Waals surface area (Å²) >= 11 is 2.73. The SMILES string of the molecule is COc1ccc2c(c1)C1(SCCN1C(=O)c1cccs1)C(=O)N2Cc1ccc(F)c(F)c1. The number of halogens is 2. The van der Waals surface area contributed by atoms with E-state index in [0.717, 1.165) is 12.1 Å². The Morgan fingerprint density at radius 2 is 2.00 bits per heavy atom. The molecule has 0 bridgehead atoms. The molecule has 0 saturated carbocycles. The Balaban J connectivity index is 1.61. The number of hydrogen-bond acceptors (Lipinski definition) is 5. The monoisotopic (exact) mass is 472 g/mol. The molecule has 3 aromatic rings. The lowest BCUT2D eigenvalue weighted by Crippen LogP contribution is -2.50. The van der Waals surface area contributed by atoms with Gasteiger partial charge >= 0.3 is 0 Å². The number of thioether (sulfide) groups is 1. The van der Waals surface area contributed by atoms with Gasteiger partial charge in [0.15, 0.2) is 16.5 Å². The third-order valence-corrected chi connectivity index (χ3v) is 7.98. The van der Waals surface area contributed by atoms with E-state index in [-0.39, 0.29) is 18.4 Å². The summed E-state index contributed by atoms with van der Waals surface area (Å²) in [5.41, 5.74) is 1.74. The number of methoxy groups -OCH3 is 1. The predicted octanol–water partition coefficient (Wildman–Crippen LogP) is 4.62. The minimum Gasteiger partial charge on any atom is -0.497 e. The van der Waals surface area contributed by atoms with Crippen molar-refractivity contribution < 1.29 is 23.1 Å². The molecule has 2 amide bonds. The van der Waals surface area contributed by atoms with Crippen LogP contribution in [-0.4, -0.2) is 36.1 Å². The summed E-state index contributed by atoms with van der Waals surface area (Å²) in [4.78, 5) is 29.8. The van der Waals surface area contributed by atoms with Crippen LogP contribution in [-0.2, 0) is 16.2 Å². The number of rotatable bonds is 4. The number of amides is 2. The van der Waals surface area contributed by atoms with Gasteiger partial charge in [-0.1, -0.05) is 12.1 Å². The number of anilines is 1. The van der Waals surface area contributed by atoms with Crippen LogP contribution in [0.4, 0.5) is 14.5 Å². The Bertz CT molecular complexity index is 1220. The second-order valence-corrected chi connectivity index (χ2v) is 9.68. The maximum Gasteiger partial charge on any atom is 0.268 e. The predicted molar refractivity (Wildman–Crippen MR) is 120 cm³/mol. The van der Waals surface area contributed by atoms with E-state index in [9.17, 15) is 18.4 Å². The lowest BCUT2D eigenvalue weighted by molar-refractivity contribution is -0.123. The summed E-state index contributed by atoms with van der Waals surface area (Å²) in [6.07, 6.45) is 0. The minimum absolute atomic E-state index is 0.0543. The number of nitrogens with zero attached hydrogens (tertiary/aromatic N) is 2. The van der Waals surface area contributed by atoms with Gasteiger partial charge in [0, 0.05) is 17.9 Å². The standard InChI is InChI=1S/C23H18F2N2O3S2/c1-30-15-5-7-19-16(12-15)23(27(8-10-32-23)21(28)20-3-2-9-31-20)22(29)26(19)13-14-4-6-17(24)18(25)11-14/h2-7,9,11-12H,8,10,13H2,1H3. The van der Waals surface area contributed by atoms with E-state index in [0.29, 0.717) is 39.7 Å². The van der Waals surface area contributed by atoms with E-state index < -0.39 is 16.5 Å². The molecule has 1 saturated heterocycles. The number of thiophene rings is 1. The molecule has 32 heavy (non-hydrogen) atoms. The van der Waals surface area contributed by atoms with Gasteiger partial charge < -0.3 is 14.5 Å². The van der Waals surface area contributed by atoms with Gasteiger partial charge in [0.1, 0.15) is 5.75 Å². The van der Waals surface area contributed by atoms with Crippen LogP contribution in [0.5, 0.6) is 5.75 Å². The molecule has 9 heteroatoms. The largest absolute Gasteiger partial charge is 0.497 e. The van der Waals surface area contributed by atoms with Crippen LogP contribution >= 0.6 is 23.1 Å². The molecular formula is C23H18F2N2O3S2. The van der Waals surface area contributed by atoms with Crippen LogP contribution in [0.2, 0.25) is 0 Å². The molecule has 2 aliphatic heterocycles. The fraction of sp³-hybridized carbons (Fsp3) is 0.217. The van der Waals surface area contributed by atoms with Crippen molar-refractivity contribution in [1.29, 1.82) is 0 Å². The second kappa shape index (κ2) is 7.90. The van der Waals surface area contributed by atoms with Crippen LogP contribution in [0.15, 0.2) is 53.9 Å². The summed E-state index contributed by atoms with van der Waals surface area (Å²) in [5.74, 6) is -1.23. The molecule has 1 aromatic heterocycles. The first-order valence-electron chi connectivity index (χ1n) is 9.89. The van der Waals surface area contributed by atoms with Crippen molar-refractivity contribution in [1.82, 2.24) is 4.90 Å². The molecule has 0 radical (unpaired) electrons. The highest BCUT2D eigenvalue weighted by atomic mass is 32.2. The van der Waals surface area contributed by atoms with Gasteiger partial charge in [0.05, 0.1) is 24.2 Å². The van der Waals surface area contributed by atoms with Crippen molar-refractivity contribution >= 4 is 40.6 Å². The zero-order valence-electron chi connectivity index (χ0n) is 17.0. The molecule has 1 spiro atoms. The fourth-order valence-electron chi connectivity index (χ4n) is 4.23. The normalized spacial score (nSPS) is 19.7. The highest BCUT2D eigenvalue weighted by molar-refractivity contribution is 8.01. The molecule has 0 N–H and O–H groups in total. The fourth-order valence-corrected chi connectivity index (χ4v) is 6.36. The molecule has 5 nitrogen and oxygen atoms in total. The first-order valence-corrected chi connectivity index (χ1v) is 11.8. The number of benzene rings is 2. The van der Waals surface area contributed by atoms with Crippen LogP contribution < -0.4 is 9.64 Å². The number of carbonyl (C=O) groups excluding carboxylic acids is 2. The van der Waals surface area contributed by atoms with Gasteiger partial charge in [-0.2, -0.15) is 0 Å². The van der Waals surface area contributed by atoms with Gasteiger partial charge in [0.25, 0.3) is 11.8 Å². The van der Waals surface area contributed by atoms with Crippen LogP contribution in [0.25, 0.3) is 0 Å². The molecule has 1 unspecified atom stereocenters. The van der Waals surface area contributed by atoms with Crippen LogP contribution in [0.3, 0.4) is 0 Å². The van der Waals surface area contributed by atoms with E-state index in [2.05, 4.69) is 0 Å². The number of carbonyl (C=O) groups is 2. The maximum absolute atomic E-state index is 13.9. The van der Waals surface area contributed by atoms with E-state index >= 15 is 0 Å². The van der Waals surface area contributed by atoms with Gasteiger partial charge in [-0.3, -0.25) is 9.59 Å². The zero-order valence-corrected chi connectivity index (χ0v) is 18.6. The first kappa shape index (κ1) is 21.0. The van der Waals surface area contributed by atoms with Crippen molar-refractivity contribution in [3.63, 3.8) is 0 Å². The summed E-state index contributed by atoms with van der Waals surface area (Å²) in [5, 5.41) is 1.83. The molecule has 0 aliphatic carbocycles. The molecule has 5 rings (SSSR count). The number of hydrogen-bond donors (Lipinski definition) is 0. The smallest absolute Gasteiger partial charge is 0.268 e. The van der Waals surface area contributed by atoms with E-state index in [1.54, 1.807) is 42.3 Å². The molecular weight excluding hydrogens is 454 g/mol. The molecule has 2 aliphatic rings. The molecule has 1 atom stereocenters. The summed E-state index contributed by atoms with van der Waals surface area (Å²) in [6, 6.07) is 12.4. The number of ether oxygens (including phenoxy) is 1. The molecule has 3 heterocycles. The van der Waals surface area contributed by atoms with Crippen LogP contribution in [0.1, 0.15) is 20.8 Å². The zero-order chi connectivity index (χ0) is 22.5. The molecule has 1 fully saturated rings. The number of fused-ring (bicyclic) bond motifs is 2. The highest BCUT2D eigenvalue weighted by Gasteiger charge is 2.59. The molecule has 164 valence electrons. The van der Waals surface area contributed by atoms with E-state index in [1.165, 1.54) is 34.1 Å². The maximum atomic E-state index is 13.9. The van der Waals surface area contributed by atoms with Crippen molar-refractivity contribution in [2.75, 3.05) is 24.3 Å². The third kappa shape index (κ3) is 3.10. The van der Waals surface area contributed by atoms with Gasteiger partial charge in [0.2, 0.25) is 0 Å².